The van der Waals surface area contributed by atoms with E-state index in [9.17, 15) is 4.79 Å². The summed E-state index contributed by atoms with van der Waals surface area (Å²) in [7, 11) is 0. The SMILES string of the molecule is O=C(N/N=C/c1cc2c(cc1Cl)OCO2)c1cc(I)ccc1Cl. The summed E-state index contributed by atoms with van der Waals surface area (Å²) in [5.74, 6) is 0.770. The standard InChI is InChI=1S/C15H9Cl2IN2O3/c16-11-2-1-9(18)4-10(11)15(21)20-19-6-8-3-13-14(5-12(8)17)23-7-22-13/h1-6H,7H2,(H,20,21)/b19-6+. The highest BCUT2D eigenvalue weighted by molar-refractivity contribution is 14.1. The Morgan fingerprint density at radius 2 is 1.91 bits per heavy atom. The van der Waals surface area contributed by atoms with Crippen molar-refractivity contribution in [1.82, 2.24) is 5.43 Å². The molecule has 0 aliphatic carbocycles. The number of fused-ring (bicyclic) bond motifs is 1. The van der Waals surface area contributed by atoms with Gasteiger partial charge >= 0.3 is 0 Å². The van der Waals surface area contributed by atoms with Crippen LogP contribution in [0, 0.1) is 3.57 Å². The third-order valence-corrected chi connectivity index (χ3v) is 4.36. The largest absolute Gasteiger partial charge is 0.454 e. The predicted octanol–water partition coefficient (Wildman–Crippen LogP) is 4.09. The number of halogens is 3. The molecule has 0 unspecified atom stereocenters. The van der Waals surface area contributed by atoms with Crippen LogP contribution in [0.3, 0.4) is 0 Å². The van der Waals surface area contributed by atoms with Crippen molar-refractivity contribution >= 4 is 57.9 Å². The first-order valence-corrected chi connectivity index (χ1v) is 8.25. The lowest BCUT2D eigenvalue weighted by molar-refractivity contribution is 0.0955. The van der Waals surface area contributed by atoms with E-state index in [1.807, 2.05) is 6.07 Å². The quantitative estimate of drug-likeness (QED) is 0.424. The van der Waals surface area contributed by atoms with Gasteiger partial charge in [0, 0.05) is 15.2 Å². The Hall–Kier alpha value is -1.51. The smallest absolute Gasteiger partial charge is 0.272 e. The van der Waals surface area contributed by atoms with Crippen LogP contribution in [0.25, 0.3) is 0 Å². The van der Waals surface area contributed by atoms with E-state index in [2.05, 4.69) is 33.1 Å². The predicted molar refractivity (Wildman–Crippen MR) is 96.8 cm³/mol. The molecule has 0 radical (unpaired) electrons. The summed E-state index contributed by atoms with van der Waals surface area (Å²) in [6.45, 7) is 0.161. The first kappa shape index (κ1) is 16.4. The van der Waals surface area contributed by atoms with Gasteiger partial charge in [0.1, 0.15) is 0 Å². The number of rotatable bonds is 3. The molecule has 23 heavy (non-hydrogen) atoms. The van der Waals surface area contributed by atoms with Gasteiger partial charge in [-0.15, -0.1) is 0 Å². The molecule has 0 spiro atoms. The van der Waals surface area contributed by atoms with E-state index in [0.29, 0.717) is 32.7 Å². The number of ether oxygens (including phenoxy) is 2. The fourth-order valence-electron chi connectivity index (χ4n) is 1.92. The number of nitrogens with zero attached hydrogens (tertiary/aromatic N) is 1. The Morgan fingerprint density at radius 3 is 2.70 bits per heavy atom. The summed E-state index contributed by atoms with van der Waals surface area (Å²) >= 11 is 14.2. The van der Waals surface area contributed by atoms with E-state index >= 15 is 0 Å². The van der Waals surface area contributed by atoms with Gasteiger partial charge in [-0.3, -0.25) is 4.79 Å². The Morgan fingerprint density at radius 1 is 1.17 bits per heavy atom. The summed E-state index contributed by atoms with van der Waals surface area (Å²) in [6, 6.07) is 8.50. The van der Waals surface area contributed by atoms with E-state index < -0.39 is 5.91 Å². The Balaban J connectivity index is 1.74. The van der Waals surface area contributed by atoms with Gasteiger partial charge in [-0.25, -0.2) is 5.43 Å². The zero-order valence-electron chi connectivity index (χ0n) is 11.5. The summed E-state index contributed by atoms with van der Waals surface area (Å²) in [5, 5.41) is 4.71. The molecule has 0 saturated heterocycles. The third-order valence-electron chi connectivity index (χ3n) is 3.03. The monoisotopic (exact) mass is 462 g/mol. The molecule has 1 heterocycles. The van der Waals surface area contributed by atoms with Crippen LogP contribution >= 0.6 is 45.8 Å². The van der Waals surface area contributed by atoms with Crippen molar-refractivity contribution in [1.29, 1.82) is 0 Å². The van der Waals surface area contributed by atoms with Crippen molar-refractivity contribution in [3.8, 4) is 11.5 Å². The number of amides is 1. The molecule has 2 aromatic rings. The molecule has 2 aromatic carbocycles. The second-order valence-electron chi connectivity index (χ2n) is 4.55. The topological polar surface area (TPSA) is 59.9 Å². The van der Waals surface area contributed by atoms with Crippen LogP contribution in [0.15, 0.2) is 35.4 Å². The molecule has 118 valence electrons. The van der Waals surface area contributed by atoms with Gasteiger partial charge in [-0.05, 0) is 46.9 Å². The van der Waals surface area contributed by atoms with Crippen molar-refractivity contribution < 1.29 is 14.3 Å². The lowest BCUT2D eigenvalue weighted by Crippen LogP contribution is -2.18. The van der Waals surface area contributed by atoms with Gasteiger partial charge in [0.25, 0.3) is 5.91 Å². The third kappa shape index (κ3) is 3.70. The maximum absolute atomic E-state index is 12.1. The minimum absolute atomic E-state index is 0.161. The van der Waals surface area contributed by atoms with Gasteiger partial charge in [0.05, 0.1) is 21.8 Å². The van der Waals surface area contributed by atoms with Crippen molar-refractivity contribution in [3.63, 3.8) is 0 Å². The highest BCUT2D eigenvalue weighted by Gasteiger charge is 2.16. The van der Waals surface area contributed by atoms with Gasteiger partial charge in [0.2, 0.25) is 6.79 Å². The maximum atomic E-state index is 12.1. The molecule has 0 bridgehead atoms. The van der Waals surface area contributed by atoms with E-state index in [1.165, 1.54) is 6.21 Å². The van der Waals surface area contributed by atoms with Crippen molar-refractivity contribution in [2.75, 3.05) is 6.79 Å². The second-order valence-corrected chi connectivity index (χ2v) is 6.61. The molecule has 5 nitrogen and oxygen atoms in total. The molecule has 0 aromatic heterocycles. The number of nitrogens with one attached hydrogen (secondary N) is 1. The fourth-order valence-corrected chi connectivity index (χ4v) is 2.82. The number of hydrogen-bond acceptors (Lipinski definition) is 4. The Kier molecular flexibility index (Phi) is 4.93. The van der Waals surface area contributed by atoms with Crippen molar-refractivity contribution in [2.24, 2.45) is 5.10 Å². The Bertz CT molecular complexity index is 812. The van der Waals surface area contributed by atoms with E-state index in [4.69, 9.17) is 32.7 Å². The molecule has 0 fully saturated rings. The van der Waals surface area contributed by atoms with Gasteiger partial charge in [0.15, 0.2) is 11.5 Å². The molecule has 1 N–H and O–H groups in total. The zero-order valence-corrected chi connectivity index (χ0v) is 15.1. The lowest BCUT2D eigenvalue weighted by atomic mass is 10.2. The van der Waals surface area contributed by atoms with Gasteiger partial charge in [-0.1, -0.05) is 23.2 Å². The van der Waals surface area contributed by atoms with Crippen LogP contribution in [0.1, 0.15) is 15.9 Å². The molecular formula is C15H9Cl2IN2O3. The van der Waals surface area contributed by atoms with Crippen LogP contribution < -0.4 is 14.9 Å². The molecule has 3 rings (SSSR count). The average Bonchev–Trinajstić information content (AvgIpc) is 2.96. The fraction of sp³-hybridized carbons (Fsp3) is 0.0667. The first-order chi connectivity index (χ1) is 11.0. The molecule has 1 aliphatic rings. The van der Waals surface area contributed by atoms with Crippen molar-refractivity contribution in [2.45, 2.75) is 0 Å². The first-order valence-electron chi connectivity index (χ1n) is 6.42. The molecule has 1 aliphatic heterocycles. The van der Waals surface area contributed by atoms with Crippen molar-refractivity contribution in [3.05, 3.63) is 55.1 Å². The highest BCUT2D eigenvalue weighted by atomic mass is 127. The second kappa shape index (κ2) is 6.94. The minimum Gasteiger partial charge on any atom is -0.454 e. The minimum atomic E-state index is -0.401. The van der Waals surface area contributed by atoms with Gasteiger partial charge < -0.3 is 9.47 Å². The van der Waals surface area contributed by atoms with E-state index in [0.717, 1.165) is 3.57 Å². The zero-order chi connectivity index (χ0) is 16.4. The number of benzene rings is 2. The average molecular weight is 463 g/mol. The van der Waals surface area contributed by atoms with E-state index in [-0.39, 0.29) is 6.79 Å². The van der Waals surface area contributed by atoms with Crippen LogP contribution in [0.5, 0.6) is 11.5 Å². The van der Waals surface area contributed by atoms with Crippen LogP contribution in [0.2, 0.25) is 10.0 Å². The van der Waals surface area contributed by atoms with Crippen LogP contribution in [-0.4, -0.2) is 18.9 Å². The summed E-state index contributed by atoms with van der Waals surface area (Å²) in [6.07, 6.45) is 1.43. The van der Waals surface area contributed by atoms with Gasteiger partial charge in [-0.2, -0.15) is 5.10 Å². The normalized spacial score (nSPS) is 12.7. The maximum Gasteiger partial charge on any atom is 0.272 e. The number of carbonyl (C=O) groups excluding carboxylic acids is 1. The lowest BCUT2D eigenvalue weighted by Gasteiger charge is -2.04. The van der Waals surface area contributed by atoms with Crippen LogP contribution in [-0.2, 0) is 0 Å². The molecule has 0 atom stereocenters. The van der Waals surface area contributed by atoms with E-state index in [1.54, 1.807) is 24.3 Å². The Labute approximate surface area is 155 Å². The summed E-state index contributed by atoms with van der Waals surface area (Å²) in [4.78, 5) is 12.1. The summed E-state index contributed by atoms with van der Waals surface area (Å²) in [5.41, 5.74) is 3.38. The molecule has 0 saturated carbocycles. The molecule has 1 amide bonds. The number of hydrazone groups is 1. The highest BCUT2D eigenvalue weighted by Crippen LogP contribution is 2.36. The molecular weight excluding hydrogens is 454 g/mol. The summed E-state index contributed by atoms with van der Waals surface area (Å²) < 4.78 is 11.4. The van der Waals surface area contributed by atoms with Crippen LogP contribution in [0.4, 0.5) is 0 Å². The number of hydrogen-bond donors (Lipinski definition) is 1. The molecule has 8 heteroatoms. The number of carbonyl (C=O) groups is 1.